The molecule has 0 bridgehead atoms. The number of nitrogens with two attached hydrogens (primary N) is 1. The molecular weight excluding hydrogens is 183 g/mol. The summed E-state index contributed by atoms with van der Waals surface area (Å²) in [6.07, 6.45) is 1.51. The SMILES string of the molecule is NCc1nc(-c2ccc(F)cc2)co1. The Morgan fingerprint density at radius 1 is 1.29 bits per heavy atom. The van der Waals surface area contributed by atoms with Gasteiger partial charge in [-0.2, -0.15) is 0 Å². The first-order valence-corrected chi connectivity index (χ1v) is 4.20. The molecule has 0 saturated heterocycles. The number of hydrogen-bond acceptors (Lipinski definition) is 3. The highest BCUT2D eigenvalue weighted by molar-refractivity contribution is 5.57. The van der Waals surface area contributed by atoms with Gasteiger partial charge in [0.2, 0.25) is 5.89 Å². The van der Waals surface area contributed by atoms with E-state index in [9.17, 15) is 4.39 Å². The number of aromatic nitrogens is 1. The summed E-state index contributed by atoms with van der Waals surface area (Å²) in [5, 5.41) is 0. The molecule has 72 valence electrons. The smallest absolute Gasteiger partial charge is 0.208 e. The Morgan fingerprint density at radius 2 is 2.00 bits per heavy atom. The van der Waals surface area contributed by atoms with E-state index >= 15 is 0 Å². The van der Waals surface area contributed by atoms with Crippen molar-refractivity contribution in [1.29, 1.82) is 0 Å². The predicted octanol–water partition coefficient (Wildman–Crippen LogP) is 1.94. The number of rotatable bonds is 2. The molecular formula is C10H9FN2O. The zero-order valence-corrected chi connectivity index (χ0v) is 7.40. The number of benzene rings is 1. The van der Waals surface area contributed by atoms with Gasteiger partial charge in [0, 0.05) is 5.56 Å². The summed E-state index contributed by atoms with van der Waals surface area (Å²) in [4.78, 5) is 4.11. The lowest BCUT2D eigenvalue weighted by atomic mass is 10.2. The van der Waals surface area contributed by atoms with Crippen LogP contribution in [0.4, 0.5) is 4.39 Å². The number of nitrogens with zero attached hydrogens (tertiary/aromatic N) is 1. The fourth-order valence-corrected chi connectivity index (χ4v) is 1.16. The van der Waals surface area contributed by atoms with Crippen LogP contribution in [-0.2, 0) is 6.54 Å². The summed E-state index contributed by atoms with van der Waals surface area (Å²) >= 11 is 0. The van der Waals surface area contributed by atoms with Crippen molar-refractivity contribution in [2.24, 2.45) is 5.73 Å². The molecule has 1 aromatic carbocycles. The second-order valence-corrected chi connectivity index (χ2v) is 2.84. The first-order valence-electron chi connectivity index (χ1n) is 4.20. The first-order chi connectivity index (χ1) is 6.79. The second-order valence-electron chi connectivity index (χ2n) is 2.84. The van der Waals surface area contributed by atoms with Crippen LogP contribution in [0.5, 0.6) is 0 Å². The highest BCUT2D eigenvalue weighted by atomic mass is 19.1. The predicted molar refractivity (Wildman–Crippen MR) is 49.8 cm³/mol. The molecule has 1 aromatic heterocycles. The van der Waals surface area contributed by atoms with Crippen molar-refractivity contribution >= 4 is 0 Å². The second kappa shape index (κ2) is 3.59. The van der Waals surface area contributed by atoms with Gasteiger partial charge in [0.15, 0.2) is 0 Å². The maximum atomic E-state index is 12.6. The molecule has 0 aliphatic carbocycles. The van der Waals surface area contributed by atoms with Gasteiger partial charge in [0.05, 0.1) is 6.54 Å². The Labute approximate surface area is 80.4 Å². The number of halogens is 1. The average molecular weight is 192 g/mol. The summed E-state index contributed by atoms with van der Waals surface area (Å²) in [6, 6.07) is 6.05. The number of oxazole rings is 1. The van der Waals surface area contributed by atoms with Crippen molar-refractivity contribution in [2.45, 2.75) is 6.54 Å². The maximum Gasteiger partial charge on any atom is 0.208 e. The maximum absolute atomic E-state index is 12.6. The Hall–Kier alpha value is -1.68. The molecule has 0 aliphatic rings. The number of hydrogen-bond donors (Lipinski definition) is 1. The van der Waals surface area contributed by atoms with E-state index in [-0.39, 0.29) is 12.4 Å². The van der Waals surface area contributed by atoms with Gasteiger partial charge in [-0.15, -0.1) is 0 Å². The third kappa shape index (κ3) is 1.65. The largest absolute Gasteiger partial charge is 0.447 e. The Bertz CT molecular complexity index is 422. The molecule has 3 nitrogen and oxygen atoms in total. The van der Waals surface area contributed by atoms with E-state index in [4.69, 9.17) is 10.2 Å². The van der Waals surface area contributed by atoms with Crippen molar-refractivity contribution in [1.82, 2.24) is 4.98 Å². The summed E-state index contributed by atoms with van der Waals surface area (Å²) < 4.78 is 17.7. The van der Waals surface area contributed by atoms with Crippen molar-refractivity contribution < 1.29 is 8.81 Å². The molecule has 14 heavy (non-hydrogen) atoms. The van der Waals surface area contributed by atoms with E-state index < -0.39 is 0 Å². The quantitative estimate of drug-likeness (QED) is 0.791. The molecule has 0 spiro atoms. The lowest BCUT2D eigenvalue weighted by Crippen LogP contribution is -1.95. The molecule has 2 N–H and O–H groups in total. The highest BCUT2D eigenvalue weighted by Gasteiger charge is 2.04. The van der Waals surface area contributed by atoms with Crippen molar-refractivity contribution in [3.05, 3.63) is 42.2 Å². The fourth-order valence-electron chi connectivity index (χ4n) is 1.16. The molecule has 4 heteroatoms. The molecule has 2 aromatic rings. The molecule has 0 saturated carbocycles. The van der Waals surface area contributed by atoms with Crippen LogP contribution < -0.4 is 5.73 Å². The van der Waals surface area contributed by atoms with Crippen LogP contribution in [0.15, 0.2) is 34.9 Å². The summed E-state index contributed by atoms with van der Waals surface area (Å²) in [5.41, 5.74) is 6.84. The van der Waals surface area contributed by atoms with E-state index in [0.717, 1.165) is 5.56 Å². The van der Waals surface area contributed by atoms with E-state index in [1.165, 1.54) is 18.4 Å². The van der Waals surface area contributed by atoms with Gasteiger partial charge in [-0.25, -0.2) is 9.37 Å². The minimum Gasteiger partial charge on any atom is -0.447 e. The average Bonchev–Trinajstić information content (AvgIpc) is 2.67. The molecule has 0 fully saturated rings. The van der Waals surface area contributed by atoms with Crippen molar-refractivity contribution in [3.63, 3.8) is 0 Å². The van der Waals surface area contributed by atoms with Crippen LogP contribution in [-0.4, -0.2) is 4.98 Å². The van der Waals surface area contributed by atoms with Gasteiger partial charge in [-0.3, -0.25) is 0 Å². The van der Waals surface area contributed by atoms with Crippen LogP contribution in [0.2, 0.25) is 0 Å². The third-order valence-electron chi connectivity index (χ3n) is 1.87. The van der Waals surface area contributed by atoms with Crippen LogP contribution >= 0.6 is 0 Å². The third-order valence-corrected chi connectivity index (χ3v) is 1.87. The summed E-state index contributed by atoms with van der Waals surface area (Å²) in [6.45, 7) is 0.265. The summed E-state index contributed by atoms with van der Waals surface area (Å²) in [5.74, 6) is 0.209. The zero-order valence-electron chi connectivity index (χ0n) is 7.40. The molecule has 0 atom stereocenters. The van der Waals surface area contributed by atoms with Crippen molar-refractivity contribution in [2.75, 3.05) is 0 Å². The van der Waals surface area contributed by atoms with Gasteiger partial charge < -0.3 is 10.2 Å². The molecule has 0 amide bonds. The van der Waals surface area contributed by atoms with Crippen LogP contribution in [0.3, 0.4) is 0 Å². The Balaban J connectivity index is 2.34. The molecule has 0 unspecified atom stereocenters. The van der Waals surface area contributed by atoms with Gasteiger partial charge >= 0.3 is 0 Å². The molecule has 0 aliphatic heterocycles. The zero-order chi connectivity index (χ0) is 9.97. The summed E-state index contributed by atoms with van der Waals surface area (Å²) in [7, 11) is 0. The molecule has 0 radical (unpaired) electrons. The van der Waals surface area contributed by atoms with Gasteiger partial charge in [0.25, 0.3) is 0 Å². The minimum atomic E-state index is -0.267. The normalized spacial score (nSPS) is 10.4. The van der Waals surface area contributed by atoms with E-state index in [1.807, 2.05) is 0 Å². The van der Waals surface area contributed by atoms with Gasteiger partial charge in [-0.05, 0) is 24.3 Å². The monoisotopic (exact) mass is 192 g/mol. The fraction of sp³-hybridized carbons (Fsp3) is 0.100. The van der Waals surface area contributed by atoms with Gasteiger partial charge in [-0.1, -0.05) is 0 Å². The molecule has 2 rings (SSSR count). The lowest BCUT2D eigenvalue weighted by molar-refractivity contribution is 0.498. The van der Waals surface area contributed by atoms with E-state index in [1.54, 1.807) is 12.1 Å². The van der Waals surface area contributed by atoms with Gasteiger partial charge in [0.1, 0.15) is 17.8 Å². The van der Waals surface area contributed by atoms with Crippen LogP contribution in [0.25, 0.3) is 11.3 Å². The lowest BCUT2D eigenvalue weighted by Gasteiger charge is -1.93. The highest BCUT2D eigenvalue weighted by Crippen LogP contribution is 2.18. The van der Waals surface area contributed by atoms with E-state index in [2.05, 4.69) is 4.98 Å². The minimum absolute atomic E-state index is 0.265. The van der Waals surface area contributed by atoms with Crippen molar-refractivity contribution in [3.8, 4) is 11.3 Å². The Morgan fingerprint density at radius 3 is 2.57 bits per heavy atom. The standard InChI is InChI=1S/C10H9FN2O/c11-8-3-1-7(2-4-8)9-6-14-10(5-12)13-9/h1-4,6H,5,12H2. The van der Waals surface area contributed by atoms with Crippen LogP contribution in [0.1, 0.15) is 5.89 Å². The molecule has 1 heterocycles. The van der Waals surface area contributed by atoms with Crippen LogP contribution in [0, 0.1) is 5.82 Å². The first kappa shape index (κ1) is 8.90. The topological polar surface area (TPSA) is 52.0 Å². The van der Waals surface area contributed by atoms with E-state index in [0.29, 0.717) is 11.6 Å². The Kier molecular flexibility index (Phi) is 2.28.